The zero-order valence-corrected chi connectivity index (χ0v) is 19.0. The number of rotatable bonds is 7. The molecule has 0 fully saturated rings. The molecule has 0 radical (unpaired) electrons. The molecule has 0 aliphatic heterocycles. The number of pyridine rings is 1. The number of aryl methyl sites for hydroxylation is 1. The van der Waals surface area contributed by atoms with E-state index in [1.165, 1.54) is 5.56 Å². The van der Waals surface area contributed by atoms with Crippen LogP contribution in [0.1, 0.15) is 17.2 Å². The van der Waals surface area contributed by atoms with E-state index in [0.717, 1.165) is 40.9 Å². The van der Waals surface area contributed by atoms with E-state index in [9.17, 15) is 0 Å². The normalized spacial score (nSPS) is 11.2. The quantitative estimate of drug-likeness (QED) is 0.387. The summed E-state index contributed by atoms with van der Waals surface area (Å²) < 4.78 is 5.86. The van der Waals surface area contributed by atoms with Crippen LogP contribution >= 0.6 is 0 Å². The third-order valence-electron chi connectivity index (χ3n) is 5.81. The van der Waals surface area contributed by atoms with Crippen molar-refractivity contribution < 1.29 is 0 Å². The lowest BCUT2D eigenvalue weighted by Gasteiger charge is -2.08. The highest BCUT2D eigenvalue weighted by Crippen LogP contribution is 2.21. The van der Waals surface area contributed by atoms with Gasteiger partial charge in [-0.25, -0.2) is 15.0 Å². The van der Waals surface area contributed by atoms with Gasteiger partial charge in [-0.3, -0.25) is 9.08 Å². The number of nitrogens with one attached hydrogen (secondary N) is 1. The fourth-order valence-electron chi connectivity index (χ4n) is 3.98. The van der Waals surface area contributed by atoms with Crippen molar-refractivity contribution >= 4 is 17.4 Å². The van der Waals surface area contributed by atoms with Crippen molar-refractivity contribution in [2.75, 3.05) is 5.32 Å². The van der Waals surface area contributed by atoms with Crippen LogP contribution in [0, 0.1) is 0 Å². The van der Waals surface area contributed by atoms with Crippen LogP contribution in [0.15, 0.2) is 85.6 Å². The highest BCUT2D eigenvalue weighted by Gasteiger charge is 2.13. The highest BCUT2D eigenvalue weighted by molar-refractivity contribution is 5.65. The number of imidazole rings is 1. The Labute approximate surface area is 201 Å². The summed E-state index contributed by atoms with van der Waals surface area (Å²) in [4.78, 5) is 13.5. The summed E-state index contributed by atoms with van der Waals surface area (Å²) in [7, 11) is 1.86. The van der Waals surface area contributed by atoms with Crippen LogP contribution in [0.25, 0.3) is 16.9 Å². The number of aromatic nitrogens is 9. The molecule has 0 atom stereocenters. The molecule has 0 aliphatic rings. The van der Waals surface area contributed by atoms with E-state index < -0.39 is 0 Å². The molecule has 5 heterocycles. The molecule has 0 saturated carbocycles. The molecule has 6 rings (SSSR count). The molecule has 0 unspecified atom stereocenters. The van der Waals surface area contributed by atoms with Gasteiger partial charge in [0.05, 0.1) is 18.3 Å². The minimum atomic E-state index is 0.499. The molecule has 35 heavy (non-hydrogen) atoms. The number of hydrogen-bond donors (Lipinski definition) is 1. The van der Waals surface area contributed by atoms with Gasteiger partial charge in [0.1, 0.15) is 17.5 Å². The van der Waals surface area contributed by atoms with Crippen molar-refractivity contribution in [3.05, 3.63) is 103 Å². The highest BCUT2D eigenvalue weighted by atomic mass is 15.3. The lowest BCUT2D eigenvalue weighted by Crippen LogP contribution is -2.07. The molecular weight excluding hydrogens is 440 g/mol. The summed E-state index contributed by atoms with van der Waals surface area (Å²) in [6, 6.07) is 18.1. The van der Waals surface area contributed by atoms with Gasteiger partial charge < -0.3 is 9.88 Å². The second-order valence-corrected chi connectivity index (χ2v) is 8.12. The maximum Gasteiger partial charge on any atom is 0.228 e. The van der Waals surface area contributed by atoms with Crippen LogP contribution < -0.4 is 5.32 Å². The Morgan fingerprint density at radius 2 is 1.77 bits per heavy atom. The zero-order valence-electron chi connectivity index (χ0n) is 19.0. The summed E-state index contributed by atoms with van der Waals surface area (Å²) >= 11 is 0. The van der Waals surface area contributed by atoms with Gasteiger partial charge in [0.25, 0.3) is 0 Å². The fraction of sp³-hybridized carbons (Fsp3) is 0.120. The maximum atomic E-state index is 4.65. The molecule has 172 valence electrons. The van der Waals surface area contributed by atoms with Gasteiger partial charge in [-0.05, 0) is 23.8 Å². The first-order valence-electron chi connectivity index (χ1n) is 11.2. The average Bonchev–Trinajstić information content (AvgIpc) is 3.61. The van der Waals surface area contributed by atoms with Crippen LogP contribution in [0.3, 0.4) is 0 Å². The van der Waals surface area contributed by atoms with Crippen molar-refractivity contribution in [3.8, 4) is 11.3 Å². The SMILES string of the molecule is Cn1nccc1Nc1nccc(-c2ccn3c(Cc4nccn4Cc4ccccc4)nnc3c2)n1. The van der Waals surface area contributed by atoms with Crippen LogP contribution in [-0.4, -0.2) is 43.9 Å². The predicted molar refractivity (Wildman–Crippen MR) is 131 cm³/mol. The van der Waals surface area contributed by atoms with E-state index in [2.05, 4.69) is 52.3 Å². The maximum absolute atomic E-state index is 4.65. The van der Waals surface area contributed by atoms with Crippen molar-refractivity contribution in [1.29, 1.82) is 0 Å². The number of hydrogen-bond acceptors (Lipinski definition) is 7. The predicted octanol–water partition coefficient (Wildman–Crippen LogP) is 3.50. The van der Waals surface area contributed by atoms with Gasteiger partial charge in [0.2, 0.25) is 5.95 Å². The molecule has 0 aliphatic carbocycles. The standard InChI is InChI=1S/C25H22N10/c1-33-21(8-11-28-33)30-25-27-10-7-20(29-25)19-9-13-35-23(15-19)31-32-24(35)16-22-26-12-14-34(22)17-18-5-3-2-4-6-18/h2-15H,16-17H2,1H3,(H,27,29,30). The van der Waals surface area contributed by atoms with E-state index in [4.69, 9.17) is 0 Å². The molecular formula is C25H22N10. The summed E-state index contributed by atoms with van der Waals surface area (Å²) in [6.45, 7) is 0.764. The summed E-state index contributed by atoms with van der Waals surface area (Å²) in [6.07, 6.45) is 9.82. The van der Waals surface area contributed by atoms with Crippen LogP contribution in [0.4, 0.5) is 11.8 Å². The fourth-order valence-corrected chi connectivity index (χ4v) is 3.98. The minimum Gasteiger partial charge on any atom is -0.330 e. The van der Waals surface area contributed by atoms with E-state index in [-0.39, 0.29) is 0 Å². The smallest absolute Gasteiger partial charge is 0.228 e. The number of benzene rings is 1. The Balaban J connectivity index is 1.24. The number of nitrogens with zero attached hydrogens (tertiary/aromatic N) is 9. The van der Waals surface area contributed by atoms with Gasteiger partial charge in [-0.15, -0.1) is 10.2 Å². The molecule has 0 amide bonds. The van der Waals surface area contributed by atoms with E-state index in [1.54, 1.807) is 17.1 Å². The number of fused-ring (bicyclic) bond motifs is 1. The van der Waals surface area contributed by atoms with Crippen molar-refractivity contribution in [3.63, 3.8) is 0 Å². The van der Waals surface area contributed by atoms with Gasteiger partial charge in [-0.1, -0.05) is 30.3 Å². The van der Waals surface area contributed by atoms with E-state index >= 15 is 0 Å². The monoisotopic (exact) mass is 462 g/mol. The van der Waals surface area contributed by atoms with Crippen LogP contribution in [0.2, 0.25) is 0 Å². The van der Waals surface area contributed by atoms with E-state index in [0.29, 0.717) is 12.4 Å². The van der Waals surface area contributed by atoms with Gasteiger partial charge in [-0.2, -0.15) is 5.10 Å². The summed E-state index contributed by atoms with van der Waals surface area (Å²) in [5.74, 6) is 3.07. The lowest BCUT2D eigenvalue weighted by molar-refractivity contribution is 0.725. The lowest BCUT2D eigenvalue weighted by atomic mass is 10.2. The summed E-state index contributed by atoms with van der Waals surface area (Å²) in [5, 5.41) is 16.2. The molecule has 0 saturated heterocycles. The first-order chi connectivity index (χ1) is 17.2. The topological polar surface area (TPSA) is 104 Å². The second kappa shape index (κ2) is 8.82. The Hall–Kier alpha value is -4.86. The largest absolute Gasteiger partial charge is 0.330 e. The van der Waals surface area contributed by atoms with Gasteiger partial charge >= 0.3 is 0 Å². The van der Waals surface area contributed by atoms with Gasteiger partial charge in [0, 0.05) is 50.0 Å². The molecule has 10 nitrogen and oxygen atoms in total. The molecule has 6 aromatic rings. The Kier molecular flexibility index (Phi) is 5.22. The third kappa shape index (κ3) is 4.24. The van der Waals surface area contributed by atoms with Crippen molar-refractivity contribution in [2.24, 2.45) is 7.05 Å². The van der Waals surface area contributed by atoms with E-state index in [1.807, 2.05) is 72.5 Å². The van der Waals surface area contributed by atoms with Crippen LogP contribution in [0.5, 0.6) is 0 Å². The molecule has 5 aromatic heterocycles. The first kappa shape index (κ1) is 20.7. The Morgan fingerprint density at radius 3 is 2.63 bits per heavy atom. The third-order valence-corrected chi connectivity index (χ3v) is 5.81. The number of anilines is 2. The zero-order chi connectivity index (χ0) is 23.6. The van der Waals surface area contributed by atoms with Crippen molar-refractivity contribution in [1.82, 2.24) is 43.9 Å². The second-order valence-electron chi connectivity index (χ2n) is 8.12. The van der Waals surface area contributed by atoms with Crippen molar-refractivity contribution in [2.45, 2.75) is 13.0 Å². The molecule has 0 spiro atoms. The molecule has 0 bridgehead atoms. The minimum absolute atomic E-state index is 0.499. The Morgan fingerprint density at radius 1 is 0.857 bits per heavy atom. The first-order valence-corrected chi connectivity index (χ1v) is 11.2. The molecule has 1 aromatic carbocycles. The van der Waals surface area contributed by atoms with Crippen LogP contribution in [-0.2, 0) is 20.0 Å². The van der Waals surface area contributed by atoms with Gasteiger partial charge in [0.15, 0.2) is 5.65 Å². The molecule has 10 heteroatoms. The summed E-state index contributed by atoms with van der Waals surface area (Å²) in [5.41, 5.74) is 3.69. The average molecular weight is 463 g/mol. The Bertz CT molecular complexity index is 1600. The molecule has 1 N–H and O–H groups in total.